The van der Waals surface area contributed by atoms with Crippen LogP contribution in [0.3, 0.4) is 0 Å². The van der Waals surface area contributed by atoms with Crippen molar-refractivity contribution < 1.29 is 14.9 Å². The third-order valence-electron chi connectivity index (χ3n) is 4.49. The van der Waals surface area contributed by atoms with Gasteiger partial charge in [0, 0.05) is 17.6 Å². The van der Waals surface area contributed by atoms with Crippen LogP contribution in [0.2, 0.25) is 0 Å². The van der Waals surface area contributed by atoms with Gasteiger partial charge >= 0.3 is 0 Å². The average molecular weight is 279 g/mol. The van der Waals surface area contributed by atoms with Gasteiger partial charge in [0.2, 0.25) is 0 Å². The van der Waals surface area contributed by atoms with Gasteiger partial charge in [-0.2, -0.15) is 0 Å². The van der Waals surface area contributed by atoms with Crippen molar-refractivity contribution in [2.75, 3.05) is 13.7 Å². The topological polar surface area (TPSA) is 61.7 Å². The summed E-state index contributed by atoms with van der Waals surface area (Å²) in [6.07, 6.45) is 4.24. The first-order chi connectivity index (χ1) is 9.60. The van der Waals surface area contributed by atoms with Gasteiger partial charge in [-0.05, 0) is 37.7 Å². The molecule has 4 nitrogen and oxygen atoms in total. The summed E-state index contributed by atoms with van der Waals surface area (Å²) in [5.74, 6) is 1.40. The van der Waals surface area contributed by atoms with E-state index in [2.05, 4.69) is 12.2 Å². The third kappa shape index (κ3) is 3.25. The van der Waals surface area contributed by atoms with Crippen molar-refractivity contribution in [2.24, 2.45) is 5.92 Å². The summed E-state index contributed by atoms with van der Waals surface area (Å²) < 4.78 is 5.12. The molecule has 1 fully saturated rings. The Bertz CT molecular complexity index is 439. The summed E-state index contributed by atoms with van der Waals surface area (Å²) in [6, 6.07) is 5.48. The monoisotopic (exact) mass is 279 g/mol. The Kier molecular flexibility index (Phi) is 4.89. The Hall–Kier alpha value is -1.26. The SMILES string of the molecule is COc1cccc(CNC2(CO)CCC(C)CC2)c1O. The van der Waals surface area contributed by atoms with Crippen molar-refractivity contribution in [3.8, 4) is 11.5 Å². The van der Waals surface area contributed by atoms with Crippen LogP contribution in [0.5, 0.6) is 11.5 Å². The van der Waals surface area contributed by atoms with Crippen molar-refractivity contribution in [3.05, 3.63) is 23.8 Å². The van der Waals surface area contributed by atoms with Crippen molar-refractivity contribution in [3.63, 3.8) is 0 Å². The maximum absolute atomic E-state index is 10.1. The van der Waals surface area contributed by atoms with Gasteiger partial charge in [-0.15, -0.1) is 0 Å². The molecule has 20 heavy (non-hydrogen) atoms. The maximum Gasteiger partial charge on any atom is 0.162 e. The van der Waals surface area contributed by atoms with Crippen molar-refractivity contribution in [2.45, 2.75) is 44.7 Å². The summed E-state index contributed by atoms with van der Waals surface area (Å²) in [4.78, 5) is 0. The summed E-state index contributed by atoms with van der Waals surface area (Å²) in [5, 5.41) is 23.3. The van der Waals surface area contributed by atoms with E-state index in [0.717, 1.165) is 37.2 Å². The fourth-order valence-electron chi connectivity index (χ4n) is 2.86. The average Bonchev–Trinajstić information content (AvgIpc) is 2.48. The molecule has 3 N–H and O–H groups in total. The molecule has 0 saturated heterocycles. The molecule has 1 aliphatic carbocycles. The number of aliphatic hydroxyl groups is 1. The number of phenols is 1. The molecule has 0 bridgehead atoms. The number of hydrogen-bond acceptors (Lipinski definition) is 4. The summed E-state index contributed by atoms with van der Waals surface area (Å²) >= 11 is 0. The minimum Gasteiger partial charge on any atom is -0.504 e. The molecule has 0 unspecified atom stereocenters. The van der Waals surface area contributed by atoms with E-state index in [0.29, 0.717) is 12.3 Å². The number of ether oxygens (including phenoxy) is 1. The molecular weight excluding hydrogens is 254 g/mol. The van der Waals surface area contributed by atoms with E-state index in [9.17, 15) is 10.2 Å². The highest BCUT2D eigenvalue weighted by Gasteiger charge is 2.33. The van der Waals surface area contributed by atoms with Crippen molar-refractivity contribution in [1.29, 1.82) is 0 Å². The molecule has 0 atom stereocenters. The van der Waals surface area contributed by atoms with Crippen LogP contribution in [-0.4, -0.2) is 29.5 Å². The summed E-state index contributed by atoms with van der Waals surface area (Å²) in [6.45, 7) is 2.94. The number of benzene rings is 1. The predicted octanol–water partition coefficient (Wildman–Crippen LogP) is 2.43. The number of aromatic hydroxyl groups is 1. The molecule has 4 heteroatoms. The van der Waals surface area contributed by atoms with Gasteiger partial charge in [0.05, 0.1) is 13.7 Å². The Balaban J connectivity index is 2.03. The molecule has 0 heterocycles. The van der Waals surface area contributed by atoms with Gasteiger partial charge in [0.1, 0.15) is 0 Å². The Morgan fingerprint density at radius 2 is 2.05 bits per heavy atom. The van der Waals surface area contributed by atoms with Crippen LogP contribution < -0.4 is 10.1 Å². The largest absolute Gasteiger partial charge is 0.504 e. The molecule has 1 aliphatic rings. The molecule has 1 aromatic carbocycles. The van der Waals surface area contributed by atoms with E-state index in [1.54, 1.807) is 13.2 Å². The molecule has 112 valence electrons. The first-order valence-corrected chi connectivity index (χ1v) is 7.31. The zero-order chi connectivity index (χ0) is 14.6. The fraction of sp³-hybridized carbons (Fsp3) is 0.625. The Labute approximate surface area is 120 Å². The van der Waals surface area contributed by atoms with Crippen LogP contribution in [0.1, 0.15) is 38.2 Å². The maximum atomic E-state index is 10.1. The van der Waals surface area contributed by atoms with Crippen LogP contribution in [-0.2, 0) is 6.54 Å². The van der Waals surface area contributed by atoms with E-state index in [1.807, 2.05) is 12.1 Å². The number of hydrogen-bond donors (Lipinski definition) is 3. The number of aliphatic hydroxyl groups excluding tert-OH is 1. The van der Waals surface area contributed by atoms with Crippen molar-refractivity contribution >= 4 is 0 Å². The van der Waals surface area contributed by atoms with E-state index in [4.69, 9.17) is 4.74 Å². The summed E-state index contributed by atoms with van der Waals surface area (Å²) in [5.41, 5.74) is 0.595. The van der Waals surface area contributed by atoms with Gasteiger partial charge in [-0.25, -0.2) is 0 Å². The highest BCUT2D eigenvalue weighted by atomic mass is 16.5. The van der Waals surface area contributed by atoms with Crippen molar-refractivity contribution in [1.82, 2.24) is 5.32 Å². The highest BCUT2D eigenvalue weighted by molar-refractivity contribution is 5.45. The van der Waals surface area contributed by atoms with Gasteiger partial charge in [-0.1, -0.05) is 19.1 Å². The number of rotatable bonds is 5. The van der Waals surface area contributed by atoms with E-state index in [1.165, 1.54) is 0 Å². The molecule has 1 saturated carbocycles. The van der Waals surface area contributed by atoms with Crippen LogP contribution in [0, 0.1) is 5.92 Å². The third-order valence-corrected chi connectivity index (χ3v) is 4.49. The molecule has 0 amide bonds. The lowest BCUT2D eigenvalue weighted by molar-refractivity contribution is 0.104. The lowest BCUT2D eigenvalue weighted by Crippen LogP contribution is -2.50. The first-order valence-electron chi connectivity index (χ1n) is 7.31. The highest BCUT2D eigenvalue weighted by Crippen LogP contribution is 2.33. The molecule has 0 aromatic heterocycles. The number of nitrogens with one attached hydrogen (secondary N) is 1. The molecule has 2 rings (SSSR count). The lowest BCUT2D eigenvalue weighted by atomic mass is 9.77. The molecule has 0 spiro atoms. The smallest absolute Gasteiger partial charge is 0.162 e. The fourth-order valence-corrected chi connectivity index (χ4v) is 2.86. The first kappa shape index (κ1) is 15.1. The lowest BCUT2D eigenvalue weighted by Gasteiger charge is -2.39. The second-order valence-corrected chi connectivity index (χ2v) is 5.94. The molecule has 1 aromatic rings. The predicted molar refractivity (Wildman–Crippen MR) is 78.9 cm³/mol. The van der Waals surface area contributed by atoms with Gasteiger partial charge in [-0.3, -0.25) is 0 Å². The van der Waals surface area contributed by atoms with Gasteiger partial charge in [0.25, 0.3) is 0 Å². The zero-order valence-corrected chi connectivity index (χ0v) is 12.4. The molecule has 0 aliphatic heterocycles. The normalized spacial score (nSPS) is 26.4. The van der Waals surface area contributed by atoms with Gasteiger partial charge in [0.15, 0.2) is 11.5 Å². The zero-order valence-electron chi connectivity index (χ0n) is 12.4. The van der Waals surface area contributed by atoms with Gasteiger partial charge < -0.3 is 20.3 Å². The number of methoxy groups -OCH3 is 1. The van der Waals surface area contributed by atoms with E-state index < -0.39 is 0 Å². The van der Waals surface area contributed by atoms with E-state index in [-0.39, 0.29) is 17.9 Å². The Morgan fingerprint density at radius 3 is 2.65 bits per heavy atom. The van der Waals surface area contributed by atoms with Crippen LogP contribution in [0.15, 0.2) is 18.2 Å². The number of para-hydroxylation sites is 1. The second-order valence-electron chi connectivity index (χ2n) is 5.94. The van der Waals surface area contributed by atoms with Crippen LogP contribution in [0.4, 0.5) is 0 Å². The van der Waals surface area contributed by atoms with E-state index >= 15 is 0 Å². The molecular formula is C16H25NO3. The second kappa shape index (κ2) is 6.46. The number of phenolic OH excluding ortho intramolecular Hbond substituents is 1. The summed E-state index contributed by atoms with van der Waals surface area (Å²) in [7, 11) is 1.55. The van der Waals surface area contributed by atoms with Crippen LogP contribution in [0.25, 0.3) is 0 Å². The van der Waals surface area contributed by atoms with Crippen LogP contribution >= 0.6 is 0 Å². The molecule has 0 radical (unpaired) electrons. The quantitative estimate of drug-likeness (QED) is 0.774. The Morgan fingerprint density at radius 1 is 1.35 bits per heavy atom. The minimum absolute atomic E-state index is 0.143. The minimum atomic E-state index is -0.206. The standard InChI is InChI=1S/C16H25NO3/c1-12-6-8-16(11-18,9-7-12)17-10-13-4-3-5-14(20-2)15(13)19/h3-5,12,17-19H,6-11H2,1-2H3.